The van der Waals surface area contributed by atoms with Crippen LogP contribution in [-0.2, 0) is 4.74 Å². The Morgan fingerprint density at radius 3 is 2.26 bits per heavy atom. The highest BCUT2D eigenvalue weighted by Gasteiger charge is 2.40. The summed E-state index contributed by atoms with van der Waals surface area (Å²) in [5.74, 6) is 0.315. The second kappa shape index (κ2) is 11.6. The molecule has 0 heterocycles. The number of ether oxygens (including phenoxy) is 2. The van der Waals surface area contributed by atoms with E-state index in [1.165, 1.54) is 0 Å². The Kier molecular flexibility index (Phi) is 9.20. The number of rotatable bonds is 8. The first-order valence-electron chi connectivity index (χ1n) is 10.8. The van der Waals surface area contributed by atoms with Crippen LogP contribution in [0.3, 0.4) is 0 Å². The lowest BCUT2D eigenvalue weighted by atomic mass is 9.80. The van der Waals surface area contributed by atoms with Crippen molar-refractivity contribution in [1.29, 1.82) is 0 Å². The summed E-state index contributed by atoms with van der Waals surface area (Å²) in [6.07, 6.45) is -12.4. The maximum Gasteiger partial charge on any atom is 0.522 e. The van der Waals surface area contributed by atoms with Gasteiger partial charge >= 0.3 is 12.5 Å². The van der Waals surface area contributed by atoms with Crippen molar-refractivity contribution in [3.8, 4) is 11.5 Å². The molecule has 0 saturated heterocycles. The molecule has 35 heavy (non-hydrogen) atoms. The van der Waals surface area contributed by atoms with Crippen LogP contribution in [0.4, 0.5) is 26.3 Å². The molecule has 2 aromatic carbocycles. The Morgan fingerprint density at radius 2 is 1.63 bits per heavy atom. The Hall–Kier alpha value is -1.72. The molecule has 1 aliphatic carbocycles. The fourth-order valence-electron chi connectivity index (χ4n) is 4.10. The Morgan fingerprint density at radius 1 is 0.971 bits per heavy atom. The first-order chi connectivity index (χ1) is 16.3. The molecule has 0 bridgehead atoms. The van der Waals surface area contributed by atoms with E-state index in [1.54, 1.807) is 42.5 Å². The van der Waals surface area contributed by atoms with Gasteiger partial charge in [0.25, 0.3) is 0 Å². The summed E-state index contributed by atoms with van der Waals surface area (Å²) in [6.45, 7) is -0.779. The zero-order valence-electron chi connectivity index (χ0n) is 18.2. The molecule has 2 unspecified atom stereocenters. The molecule has 1 fully saturated rings. The van der Waals surface area contributed by atoms with Gasteiger partial charge in [-0.05, 0) is 61.4 Å². The molecule has 1 aliphatic rings. The van der Waals surface area contributed by atoms with Gasteiger partial charge in [0.05, 0.1) is 11.1 Å². The lowest BCUT2D eigenvalue weighted by molar-refractivity contribution is -0.345. The van der Waals surface area contributed by atoms with Crippen molar-refractivity contribution in [2.75, 3.05) is 6.54 Å². The molecule has 0 radical (unpaired) electrons. The predicted octanol–water partition coefficient (Wildman–Crippen LogP) is 7.43. The van der Waals surface area contributed by atoms with Crippen LogP contribution in [0.25, 0.3) is 0 Å². The molecule has 2 aromatic rings. The largest absolute Gasteiger partial charge is 0.522 e. The van der Waals surface area contributed by atoms with Crippen molar-refractivity contribution in [1.82, 2.24) is 5.32 Å². The van der Waals surface area contributed by atoms with Crippen LogP contribution in [0.5, 0.6) is 11.5 Å². The van der Waals surface area contributed by atoms with Crippen molar-refractivity contribution >= 4 is 23.2 Å². The van der Waals surface area contributed by atoms with Crippen molar-refractivity contribution in [3.63, 3.8) is 0 Å². The average Bonchev–Trinajstić information content (AvgIpc) is 2.76. The first kappa shape index (κ1) is 27.9. The summed E-state index contributed by atoms with van der Waals surface area (Å²) in [5.41, 5.74) is 0.551. The maximum absolute atomic E-state index is 12.9. The third-order valence-corrected chi connectivity index (χ3v) is 6.56. The third-order valence-electron chi connectivity index (χ3n) is 5.76. The highest BCUT2D eigenvalue weighted by atomic mass is 35.5. The zero-order chi connectivity index (χ0) is 25.8. The van der Waals surface area contributed by atoms with Crippen LogP contribution in [0.1, 0.15) is 37.3 Å². The van der Waals surface area contributed by atoms with E-state index in [2.05, 4.69) is 10.1 Å². The van der Waals surface area contributed by atoms with E-state index >= 15 is 0 Å². The molecule has 2 atom stereocenters. The molecule has 0 aliphatic heterocycles. The quantitative estimate of drug-likeness (QED) is 0.338. The lowest BCUT2D eigenvalue weighted by Crippen LogP contribution is -2.42. The zero-order valence-corrected chi connectivity index (χ0v) is 19.7. The second-order valence-corrected chi connectivity index (χ2v) is 9.06. The molecule has 0 spiro atoms. The number of nitrogens with one attached hydrogen (secondary N) is 1. The summed E-state index contributed by atoms with van der Waals surface area (Å²) in [5, 5.41) is 12.7. The van der Waals surface area contributed by atoms with Gasteiger partial charge in [0.2, 0.25) is 0 Å². The molecule has 194 valence electrons. The molecular weight excluding hydrogens is 523 g/mol. The summed E-state index contributed by atoms with van der Waals surface area (Å²) < 4.78 is 86.2. The van der Waals surface area contributed by atoms with Gasteiger partial charge in [-0.1, -0.05) is 41.4 Å². The Bertz CT molecular complexity index is 980. The highest BCUT2D eigenvalue weighted by Crippen LogP contribution is 2.40. The van der Waals surface area contributed by atoms with Crippen LogP contribution in [-0.4, -0.2) is 36.4 Å². The monoisotopic (exact) mass is 545 g/mol. The normalized spacial score (nSPS) is 20.9. The number of halogens is 8. The van der Waals surface area contributed by atoms with Gasteiger partial charge in [-0.25, -0.2) is 0 Å². The molecule has 0 amide bonds. The van der Waals surface area contributed by atoms with Crippen LogP contribution in [0, 0.1) is 5.92 Å². The summed E-state index contributed by atoms with van der Waals surface area (Å²) >= 11 is 12.2. The fraction of sp³-hybridized carbons (Fsp3) is 0.478. The van der Waals surface area contributed by atoms with E-state index in [0.717, 1.165) is 0 Å². The van der Waals surface area contributed by atoms with E-state index in [0.29, 0.717) is 11.3 Å². The van der Waals surface area contributed by atoms with Crippen LogP contribution < -0.4 is 10.1 Å². The van der Waals surface area contributed by atoms with Crippen molar-refractivity contribution in [2.24, 2.45) is 5.92 Å². The van der Waals surface area contributed by atoms with Gasteiger partial charge in [0.1, 0.15) is 16.5 Å². The second-order valence-electron chi connectivity index (χ2n) is 8.27. The van der Waals surface area contributed by atoms with E-state index in [4.69, 9.17) is 27.9 Å². The minimum absolute atomic E-state index is 0.0957. The summed E-state index contributed by atoms with van der Waals surface area (Å²) in [6, 6.07) is 10.7. The lowest BCUT2D eigenvalue weighted by Gasteiger charge is -2.35. The van der Waals surface area contributed by atoms with Gasteiger partial charge in [-0.3, -0.25) is 4.74 Å². The number of aliphatic hydroxyl groups is 1. The van der Waals surface area contributed by atoms with Gasteiger partial charge in [0, 0.05) is 12.6 Å². The van der Waals surface area contributed by atoms with Gasteiger partial charge in [0.15, 0.2) is 6.10 Å². The van der Waals surface area contributed by atoms with E-state index in [9.17, 15) is 31.4 Å². The van der Waals surface area contributed by atoms with E-state index < -0.39 is 37.3 Å². The molecule has 0 aromatic heterocycles. The molecule has 2 N–H and O–H groups in total. The number of hydrogen-bond donors (Lipinski definition) is 2. The predicted molar refractivity (Wildman–Crippen MR) is 119 cm³/mol. The Balaban J connectivity index is 1.79. The number of benzene rings is 2. The number of alkyl halides is 6. The van der Waals surface area contributed by atoms with Crippen molar-refractivity contribution in [2.45, 2.75) is 56.5 Å². The molecule has 4 nitrogen and oxygen atoms in total. The number of aliphatic hydroxyl groups excluding tert-OH is 1. The first-order valence-corrected chi connectivity index (χ1v) is 11.5. The minimum Gasteiger partial charge on any atom is -0.456 e. The van der Waals surface area contributed by atoms with E-state index in [1.807, 2.05) is 0 Å². The minimum atomic E-state index is -4.82. The van der Waals surface area contributed by atoms with Gasteiger partial charge in [-0.15, -0.1) is 13.2 Å². The molecule has 1 saturated carbocycles. The van der Waals surface area contributed by atoms with Crippen LogP contribution >= 0.6 is 23.2 Å². The Labute approximate surface area is 208 Å². The third kappa shape index (κ3) is 8.15. The molecular formula is C23H23Cl2F6NO3. The van der Waals surface area contributed by atoms with Gasteiger partial charge in [-0.2, -0.15) is 13.2 Å². The standard InChI is InChI=1S/C23H23Cl2F6NO3/c24-17-5-2-6-18(20(17)25)34-16-4-1-3-14(11-16)21(32-12-19(33)22(26,27)28)13-7-9-15(10-8-13)35-23(29,30)31/h1-6,11,13,15,19,21,32-33H,7-10,12H2. The van der Waals surface area contributed by atoms with Gasteiger partial charge < -0.3 is 15.2 Å². The molecule has 12 heteroatoms. The fourth-order valence-corrected chi connectivity index (χ4v) is 4.43. The summed E-state index contributed by atoms with van der Waals surface area (Å²) in [4.78, 5) is 0. The SMILES string of the molecule is OC(CNC(c1cccc(Oc2cccc(Cl)c2Cl)c1)C1CCC(OC(F)(F)F)CC1)C(F)(F)F. The summed E-state index contributed by atoms with van der Waals surface area (Å²) in [7, 11) is 0. The number of hydrogen-bond acceptors (Lipinski definition) is 4. The highest BCUT2D eigenvalue weighted by molar-refractivity contribution is 6.42. The van der Waals surface area contributed by atoms with Crippen LogP contribution in [0.2, 0.25) is 10.0 Å². The van der Waals surface area contributed by atoms with E-state index in [-0.39, 0.29) is 47.4 Å². The van der Waals surface area contributed by atoms with Crippen molar-refractivity contribution < 1.29 is 40.9 Å². The topological polar surface area (TPSA) is 50.7 Å². The van der Waals surface area contributed by atoms with Crippen LogP contribution in [0.15, 0.2) is 42.5 Å². The molecule has 3 rings (SSSR count). The smallest absolute Gasteiger partial charge is 0.456 e. The average molecular weight is 546 g/mol. The maximum atomic E-state index is 12.9. The van der Waals surface area contributed by atoms with Crippen molar-refractivity contribution in [3.05, 3.63) is 58.1 Å².